The van der Waals surface area contributed by atoms with Crippen molar-refractivity contribution in [1.82, 2.24) is 46.6 Å². The van der Waals surface area contributed by atoms with E-state index < -0.39 is 63.8 Å². The van der Waals surface area contributed by atoms with Crippen molar-refractivity contribution in [3.8, 4) is 23.0 Å². The Hall–Kier alpha value is -7.30. The summed E-state index contributed by atoms with van der Waals surface area (Å²) in [5, 5.41) is 40.4. The molecule has 10 N–H and O–H groups in total. The first-order valence-electron chi connectivity index (χ1n) is 34.3. The number of phenolic OH excluding ortho intramolecular Hbond substituents is 2. The number of carbonyl (C=O) groups excluding carboxylic acids is 8. The molecule has 22 nitrogen and oxygen atoms in total. The molecule has 5 heterocycles. The van der Waals surface area contributed by atoms with Crippen LogP contribution in [0.2, 0.25) is 0 Å². The molecule has 94 heavy (non-hydrogen) atoms. The van der Waals surface area contributed by atoms with Crippen LogP contribution in [0.1, 0.15) is 178 Å². The van der Waals surface area contributed by atoms with E-state index >= 15 is 0 Å². The molecule has 22 heteroatoms. The van der Waals surface area contributed by atoms with E-state index in [0.717, 1.165) is 25.8 Å². The molecular weight excluding hydrogens is 1200 g/mol. The number of ether oxygens (including phenoxy) is 2. The number of rotatable bonds is 22. The van der Waals surface area contributed by atoms with Crippen molar-refractivity contribution < 1.29 is 58.0 Å². The van der Waals surface area contributed by atoms with Gasteiger partial charge < -0.3 is 57.3 Å². The molecule has 1 spiro atoms. The highest BCUT2D eigenvalue weighted by Crippen LogP contribution is 2.58. The predicted molar refractivity (Wildman–Crippen MR) is 352 cm³/mol. The highest BCUT2D eigenvalue weighted by molar-refractivity contribution is 6.09. The van der Waals surface area contributed by atoms with Crippen LogP contribution in [-0.4, -0.2) is 166 Å². The van der Waals surface area contributed by atoms with E-state index in [2.05, 4.69) is 88.1 Å². The number of carbonyl (C=O) groups is 8. The summed E-state index contributed by atoms with van der Waals surface area (Å²) >= 11 is 0. The van der Waals surface area contributed by atoms with E-state index in [1.807, 2.05) is 41.5 Å². The lowest BCUT2D eigenvalue weighted by molar-refractivity contribution is -0.142. The summed E-state index contributed by atoms with van der Waals surface area (Å²) in [6, 6.07) is 10.8. The minimum atomic E-state index is -1.55. The summed E-state index contributed by atoms with van der Waals surface area (Å²) in [5.74, 6) is -1.82. The van der Waals surface area contributed by atoms with Gasteiger partial charge in [-0.1, -0.05) is 95.2 Å². The minimum absolute atomic E-state index is 0.0723. The van der Waals surface area contributed by atoms with Crippen LogP contribution in [0.25, 0.3) is 0 Å². The van der Waals surface area contributed by atoms with Gasteiger partial charge in [-0.25, -0.2) is 4.79 Å². The van der Waals surface area contributed by atoms with Gasteiger partial charge in [0.2, 0.25) is 35.4 Å². The zero-order valence-electron chi connectivity index (χ0n) is 56.9. The topological polar surface area (TPSA) is 303 Å². The van der Waals surface area contributed by atoms with Gasteiger partial charge in [0.15, 0.2) is 5.60 Å². The van der Waals surface area contributed by atoms with Gasteiger partial charge in [-0.05, 0) is 142 Å². The first kappa shape index (κ1) is 68.1. The number of nitrogens with two attached hydrogens (primary N) is 1. The quantitative estimate of drug-likeness (QED) is 0.0508. The van der Waals surface area contributed by atoms with Crippen LogP contribution < -0.4 is 42.4 Å². The van der Waals surface area contributed by atoms with Crippen LogP contribution in [0.4, 0.5) is 0 Å². The monoisotopic (exact) mass is 1300 g/mol. The third kappa shape index (κ3) is 12.9. The Balaban J connectivity index is 0.669. The van der Waals surface area contributed by atoms with Crippen molar-refractivity contribution in [1.29, 1.82) is 0 Å². The number of phenols is 2. The zero-order valence-corrected chi connectivity index (χ0v) is 56.9. The minimum Gasteiger partial charge on any atom is -0.508 e. The molecule has 3 aromatic carbocycles. The summed E-state index contributed by atoms with van der Waals surface area (Å²) < 4.78 is 12.4. The van der Waals surface area contributed by atoms with E-state index in [0.29, 0.717) is 106 Å². The molecule has 8 aliphatic rings. The van der Waals surface area contributed by atoms with Crippen LogP contribution in [-0.2, 0) is 39.1 Å². The number of hydrogen-bond donors (Lipinski definition) is 9. The highest BCUT2D eigenvalue weighted by atomic mass is 16.6. The van der Waals surface area contributed by atoms with E-state index in [4.69, 9.17) is 15.2 Å². The molecule has 510 valence electrons. The van der Waals surface area contributed by atoms with Gasteiger partial charge in [0, 0.05) is 102 Å². The lowest BCUT2D eigenvalue weighted by atomic mass is 9.58. The van der Waals surface area contributed by atoms with Crippen LogP contribution in [0.3, 0.4) is 0 Å². The molecule has 1 unspecified atom stereocenters. The van der Waals surface area contributed by atoms with Crippen molar-refractivity contribution in [2.45, 2.75) is 201 Å². The van der Waals surface area contributed by atoms with Crippen molar-refractivity contribution >= 4 is 47.3 Å². The van der Waals surface area contributed by atoms with E-state index in [1.165, 1.54) is 24.3 Å². The molecule has 7 amide bonds. The van der Waals surface area contributed by atoms with Crippen LogP contribution in [0, 0.1) is 51.8 Å². The average molecular weight is 1300 g/mol. The van der Waals surface area contributed by atoms with Crippen molar-refractivity contribution in [3.05, 3.63) is 82.4 Å². The van der Waals surface area contributed by atoms with Gasteiger partial charge in [-0.3, -0.25) is 48.3 Å². The van der Waals surface area contributed by atoms with Crippen molar-refractivity contribution in [2.24, 2.45) is 57.5 Å². The Morgan fingerprint density at radius 1 is 0.511 bits per heavy atom. The smallest absolute Gasteiger partial charge is 0.340 e. The largest absolute Gasteiger partial charge is 0.508 e. The van der Waals surface area contributed by atoms with E-state index in [9.17, 15) is 48.6 Å². The van der Waals surface area contributed by atoms with Crippen LogP contribution in [0.5, 0.6) is 23.0 Å². The number of amides is 7. The number of nitrogens with zero attached hydrogens (tertiary/aromatic N) is 3. The van der Waals surface area contributed by atoms with Gasteiger partial charge in [0.05, 0.1) is 29.3 Å². The Morgan fingerprint density at radius 2 is 0.894 bits per heavy atom. The molecule has 5 aliphatic heterocycles. The lowest BCUT2D eigenvalue weighted by Gasteiger charge is -2.51. The lowest BCUT2D eigenvalue weighted by Crippen LogP contribution is -2.64. The number of fused-ring (bicyclic) bond motifs is 6. The van der Waals surface area contributed by atoms with Gasteiger partial charge >= 0.3 is 5.97 Å². The first-order valence-corrected chi connectivity index (χ1v) is 34.3. The molecular formula is C72H100N10O12. The second-order valence-electron chi connectivity index (χ2n) is 31.5. The number of nitrogens with one attached hydrogen (secondary N) is 6. The normalized spacial score (nSPS) is 29.2. The maximum absolute atomic E-state index is 14.5. The number of aromatic hydroxyl groups is 2. The van der Waals surface area contributed by atoms with Gasteiger partial charge in [0.25, 0.3) is 5.91 Å². The maximum atomic E-state index is 14.5. The van der Waals surface area contributed by atoms with E-state index in [1.54, 1.807) is 30.3 Å². The van der Waals surface area contributed by atoms with Crippen LogP contribution in [0.15, 0.2) is 54.6 Å². The molecule has 0 radical (unpaired) electrons. The average Bonchev–Trinajstić information content (AvgIpc) is 1.48. The SMILES string of the molecule is CC(C)CCN1C[C@@H](NC(=O)[C@H]2CC(NC(=O)[C@@H]3C[C@H](NC(=O)[C@H]4C[C@@H](NC(=O)[C@@H]5C[C@H](NC(=O)[C@H]6C[C@@H](NC(=O)c7cccc8c7C(=O)OC87c8ccc(O)cc8Oc8cc(O)ccc87)C6(C)C)CN5CCC(C)C)C4(C)C)CN3CCC(C)C)C2(C)C)C[C@H]1C(N)=O. The van der Waals surface area contributed by atoms with E-state index in [-0.39, 0.29) is 112 Å². The molecule has 0 aromatic heterocycles. The fraction of sp³-hybridized carbons (Fsp3) is 0.639. The molecule has 11 rings (SSSR count). The summed E-state index contributed by atoms with van der Waals surface area (Å²) in [7, 11) is 0. The number of esters is 1. The zero-order chi connectivity index (χ0) is 67.8. The van der Waals surface area contributed by atoms with Crippen LogP contribution >= 0.6 is 0 Å². The third-order valence-electron chi connectivity index (χ3n) is 22.9. The second-order valence-corrected chi connectivity index (χ2v) is 31.5. The Morgan fingerprint density at radius 3 is 1.28 bits per heavy atom. The predicted octanol–water partition coefficient (Wildman–Crippen LogP) is 6.17. The maximum Gasteiger partial charge on any atom is 0.340 e. The standard InChI is InChI=1S/C72H100N10O12/c1-37(2)20-23-80-34-40(26-52(80)61(73)85)74-63(87)50-32-58(70(50,9)10)78-66(90)54-28-42(36-82(54)25-22-39(5)6)76-65(89)51-33-59(71(51,11)12)79-67(91)53-27-41(35-81(53)24-21-38(3)4)75-64(88)49-31-57(69(49,7)8)77-62(86)45-14-13-15-48-60(45)68(92)94-72(48)46-18-16-43(83)29-55(46)93-56-30-44(84)17-19-47(56)72/h13-19,29-30,37-42,49-54,57-59,83-84H,20-28,31-36H2,1-12H3,(H2,73,85)(H,74,87)(H,75,88)(H,76,89)(H,77,86)(H,78,90)(H,79,91)/t40-,41-,42-,49+,50+,51+,52-,53-,54-,57+,58?,59+/m0/s1. The summed E-state index contributed by atoms with van der Waals surface area (Å²) in [6.07, 6.45) is 5.28. The molecule has 3 saturated heterocycles. The number of primary amides is 1. The fourth-order valence-corrected chi connectivity index (χ4v) is 16.3. The summed E-state index contributed by atoms with van der Waals surface area (Å²) in [4.78, 5) is 118. The Labute approximate surface area is 552 Å². The highest BCUT2D eigenvalue weighted by Gasteiger charge is 2.59. The molecule has 3 aliphatic carbocycles. The summed E-state index contributed by atoms with van der Waals surface area (Å²) in [5.41, 5.74) is 3.89. The molecule has 3 aromatic rings. The first-order chi connectivity index (χ1) is 44.3. The number of benzene rings is 3. The van der Waals surface area contributed by atoms with Gasteiger partial charge in [-0.15, -0.1) is 0 Å². The second kappa shape index (κ2) is 26.0. The molecule has 0 bridgehead atoms. The Kier molecular flexibility index (Phi) is 18.9. The van der Waals surface area contributed by atoms with Gasteiger partial charge in [0.1, 0.15) is 23.0 Å². The Bertz CT molecular complexity index is 3420. The third-order valence-corrected chi connectivity index (χ3v) is 22.9. The van der Waals surface area contributed by atoms with Crippen molar-refractivity contribution in [3.63, 3.8) is 0 Å². The molecule has 12 atom stereocenters. The number of likely N-dealkylation sites (tertiary alicyclic amines) is 3. The van der Waals surface area contributed by atoms with Crippen molar-refractivity contribution in [2.75, 3.05) is 39.3 Å². The fourth-order valence-electron chi connectivity index (χ4n) is 16.3. The molecule has 6 fully saturated rings. The molecule has 3 saturated carbocycles. The number of hydrogen-bond acceptors (Lipinski definition) is 15. The van der Waals surface area contributed by atoms with Gasteiger partial charge in [-0.2, -0.15) is 0 Å². The summed E-state index contributed by atoms with van der Waals surface area (Å²) in [6.45, 7) is 28.5.